The third kappa shape index (κ3) is 10.6. The molecule has 0 saturated heterocycles. The lowest BCUT2D eigenvalue weighted by atomic mass is 9.55. The Morgan fingerprint density at radius 2 is 1.84 bits per heavy atom. The van der Waals surface area contributed by atoms with E-state index in [0.717, 1.165) is 36.8 Å². The number of ether oxygens (including phenoxy) is 4. The van der Waals surface area contributed by atoms with Gasteiger partial charge in [-0.05, 0) is 91.5 Å². The maximum atomic E-state index is 14.7. The number of amides is 1. The first kappa shape index (κ1) is 46.5. The van der Waals surface area contributed by atoms with E-state index in [1.54, 1.807) is 47.4 Å². The minimum Gasteiger partial charge on any atom is -0.489 e. The Labute approximate surface area is 367 Å². The predicted molar refractivity (Wildman–Crippen MR) is 233 cm³/mol. The monoisotopic (exact) mass is 877 g/mol. The Hall–Kier alpha value is -5.02. The van der Waals surface area contributed by atoms with Crippen LogP contribution in [0.2, 0.25) is 0 Å². The van der Waals surface area contributed by atoms with Gasteiger partial charge in [0.1, 0.15) is 43.2 Å². The van der Waals surface area contributed by atoms with Crippen molar-refractivity contribution in [2.75, 3.05) is 38.9 Å². The Kier molecular flexibility index (Phi) is 16.8. The van der Waals surface area contributed by atoms with Gasteiger partial charge in [-0.3, -0.25) is 15.0 Å². The van der Waals surface area contributed by atoms with Gasteiger partial charge in [-0.15, -0.1) is 18.2 Å². The zero-order valence-electron chi connectivity index (χ0n) is 35.2. The second-order valence-electron chi connectivity index (χ2n) is 15.8. The van der Waals surface area contributed by atoms with Crippen LogP contribution in [0, 0.1) is 33.7 Å². The second-order valence-corrected chi connectivity index (χ2v) is 16.2. The number of nitrogens with zero attached hydrogens (tertiary/aromatic N) is 3. The Balaban J connectivity index is 1.54. The zero-order valence-corrected chi connectivity index (χ0v) is 35.9. The number of aliphatic hydroxyl groups is 2. The first-order valence-electron chi connectivity index (χ1n) is 21.5. The first-order chi connectivity index (χ1) is 30.2. The van der Waals surface area contributed by atoms with Crippen LogP contribution in [-0.4, -0.2) is 82.5 Å². The topological polar surface area (TPSA) is 162 Å². The highest BCUT2D eigenvalue weighted by Gasteiger charge is 2.65. The van der Waals surface area contributed by atoms with E-state index in [2.05, 4.69) is 12.7 Å². The summed E-state index contributed by atoms with van der Waals surface area (Å²) in [5.41, 5.74) is 3.31. The van der Waals surface area contributed by atoms with Crippen molar-refractivity contribution >= 4 is 29.1 Å². The number of fused-ring (bicyclic) bond motifs is 2. The number of benzene rings is 3. The number of nitro groups is 1. The van der Waals surface area contributed by atoms with Gasteiger partial charge in [0.2, 0.25) is 5.79 Å². The van der Waals surface area contributed by atoms with Crippen LogP contribution in [0.5, 0.6) is 11.5 Å². The fourth-order valence-corrected chi connectivity index (χ4v) is 9.31. The summed E-state index contributed by atoms with van der Waals surface area (Å²) in [5, 5.41) is 35.9. The van der Waals surface area contributed by atoms with Crippen molar-refractivity contribution in [3.05, 3.63) is 124 Å². The molecule has 0 unspecified atom stereocenters. The smallest absolute Gasteiger partial charge is 0.410 e. The SMILES string of the molecule is C=CCO[C@@]12Oc3ccc(OCc4ccccc4F)cc3[C@H]3[C@H](CCCCO)[C@@H](CCCCO)C=C(C(=NOCc4ccc([N+](=O)[O-])cc4)C[C@@H]1N(CCC)C(=O)OCCCl)[C@H]32. The molecule has 0 radical (unpaired) electrons. The van der Waals surface area contributed by atoms with Gasteiger partial charge in [-0.1, -0.05) is 55.3 Å². The molecule has 6 atom stereocenters. The molecule has 1 aliphatic heterocycles. The van der Waals surface area contributed by atoms with Crippen LogP contribution >= 0.6 is 11.6 Å². The third-order valence-corrected chi connectivity index (χ3v) is 12.1. The first-order valence-corrected chi connectivity index (χ1v) is 22.0. The number of carbonyl (C=O) groups excluding carboxylic acids is 1. The van der Waals surface area contributed by atoms with E-state index in [1.807, 2.05) is 19.1 Å². The van der Waals surface area contributed by atoms with E-state index in [9.17, 15) is 29.5 Å². The maximum Gasteiger partial charge on any atom is 0.410 e. The molecule has 1 saturated carbocycles. The fourth-order valence-electron chi connectivity index (χ4n) is 9.24. The number of aliphatic hydroxyl groups excluding tert-OH is 2. The van der Waals surface area contributed by atoms with Crippen molar-refractivity contribution in [1.82, 2.24) is 4.90 Å². The van der Waals surface area contributed by atoms with Crippen LogP contribution in [0.1, 0.15) is 80.9 Å². The molecular weight excluding hydrogens is 821 g/mol. The number of nitro benzene ring substituents is 1. The van der Waals surface area contributed by atoms with Gasteiger partial charge in [-0.25, -0.2) is 9.18 Å². The Morgan fingerprint density at radius 1 is 1.08 bits per heavy atom. The molecule has 0 spiro atoms. The highest BCUT2D eigenvalue weighted by molar-refractivity contribution is 6.18. The molecule has 334 valence electrons. The zero-order chi connectivity index (χ0) is 44.1. The molecule has 3 aromatic rings. The number of oxime groups is 1. The van der Waals surface area contributed by atoms with Crippen molar-refractivity contribution < 1.29 is 48.1 Å². The van der Waals surface area contributed by atoms with E-state index in [0.29, 0.717) is 54.1 Å². The Morgan fingerprint density at radius 3 is 2.53 bits per heavy atom. The quantitative estimate of drug-likeness (QED) is 0.0309. The summed E-state index contributed by atoms with van der Waals surface area (Å²) in [7, 11) is 0. The van der Waals surface area contributed by atoms with Gasteiger partial charge >= 0.3 is 6.09 Å². The van der Waals surface area contributed by atoms with E-state index in [4.69, 9.17) is 40.5 Å². The van der Waals surface area contributed by atoms with Gasteiger partial charge in [0.15, 0.2) is 0 Å². The minimum absolute atomic E-state index is 0.00301. The number of hydrogen-bond acceptors (Lipinski definition) is 11. The molecule has 6 rings (SSSR count). The summed E-state index contributed by atoms with van der Waals surface area (Å²) in [6.07, 6.45) is 8.24. The minimum atomic E-state index is -1.49. The van der Waals surface area contributed by atoms with E-state index in [-0.39, 0.29) is 81.2 Å². The number of halogens is 2. The molecule has 3 aliphatic rings. The Bertz CT molecular complexity index is 2050. The predicted octanol–water partition coefficient (Wildman–Crippen LogP) is 9.23. The van der Waals surface area contributed by atoms with Gasteiger partial charge < -0.3 is 34.0 Å². The van der Waals surface area contributed by atoms with Crippen molar-refractivity contribution in [1.29, 1.82) is 0 Å². The summed E-state index contributed by atoms with van der Waals surface area (Å²) in [6.45, 7) is 6.43. The average molecular weight is 878 g/mol. The van der Waals surface area contributed by atoms with Gasteiger partial charge in [0.25, 0.3) is 5.69 Å². The van der Waals surface area contributed by atoms with E-state index < -0.39 is 28.8 Å². The van der Waals surface area contributed by atoms with E-state index >= 15 is 0 Å². The normalized spacial score (nSPS) is 23.0. The third-order valence-electron chi connectivity index (χ3n) is 11.9. The lowest BCUT2D eigenvalue weighted by Gasteiger charge is -2.59. The summed E-state index contributed by atoms with van der Waals surface area (Å²) in [4.78, 5) is 32.7. The lowest BCUT2D eigenvalue weighted by molar-refractivity contribution is -0.384. The van der Waals surface area contributed by atoms with Crippen LogP contribution in [-0.2, 0) is 27.5 Å². The van der Waals surface area contributed by atoms with Crippen LogP contribution in [0.15, 0.2) is 96.2 Å². The molecule has 2 N–H and O–H groups in total. The molecular formula is C47H57ClFN3O10. The van der Waals surface area contributed by atoms with Gasteiger partial charge in [-0.2, -0.15) is 0 Å². The summed E-state index contributed by atoms with van der Waals surface area (Å²) in [5.74, 6) is -1.64. The largest absolute Gasteiger partial charge is 0.489 e. The number of unbranched alkanes of at least 4 members (excludes halogenated alkanes) is 2. The average Bonchev–Trinajstić information content (AvgIpc) is 3.28. The summed E-state index contributed by atoms with van der Waals surface area (Å²) >= 11 is 6.01. The number of allylic oxidation sites excluding steroid dienone is 1. The maximum absolute atomic E-state index is 14.7. The van der Waals surface area contributed by atoms with Crippen molar-refractivity contribution in [3.8, 4) is 11.5 Å². The van der Waals surface area contributed by atoms with Crippen molar-refractivity contribution in [2.45, 2.75) is 89.3 Å². The molecule has 13 nitrogen and oxygen atoms in total. The molecule has 0 aromatic heterocycles. The number of carbonyl (C=O) groups is 1. The molecule has 15 heteroatoms. The van der Waals surface area contributed by atoms with Gasteiger partial charge in [0.05, 0.1) is 29.0 Å². The lowest BCUT2D eigenvalue weighted by Crippen LogP contribution is -2.70. The van der Waals surface area contributed by atoms with Crippen LogP contribution in [0.25, 0.3) is 0 Å². The second kappa shape index (κ2) is 22.4. The van der Waals surface area contributed by atoms with Crippen molar-refractivity contribution in [3.63, 3.8) is 0 Å². The highest BCUT2D eigenvalue weighted by atomic mass is 35.5. The molecule has 3 aromatic carbocycles. The fraction of sp³-hybridized carbons (Fsp3) is 0.489. The van der Waals surface area contributed by atoms with Crippen LogP contribution in [0.3, 0.4) is 0 Å². The van der Waals surface area contributed by atoms with Crippen molar-refractivity contribution in [2.24, 2.45) is 22.9 Å². The van der Waals surface area contributed by atoms with Crippen LogP contribution in [0.4, 0.5) is 14.9 Å². The molecule has 1 heterocycles. The summed E-state index contributed by atoms with van der Waals surface area (Å²) in [6, 6.07) is 17.3. The molecule has 1 amide bonds. The molecule has 62 heavy (non-hydrogen) atoms. The highest BCUT2D eigenvalue weighted by Crippen LogP contribution is 2.62. The number of non-ortho nitro benzene ring substituents is 1. The molecule has 0 bridgehead atoms. The van der Waals surface area contributed by atoms with Gasteiger partial charge in [0, 0.05) is 55.4 Å². The molecule has 1 fully saturated rings. The summed E-state index contributed by atoms with van der Waals surface area (Å²) < 4.78 is 40.9. The number of rotatable bonds is 23. The standard InChI is InChI=1S/C47H57ClFN3O10/c1-3-22-51(46(55)58-26-21-48)43-29-41(50-61-30-32-15-17-35(18-16-32)52(56)57)38-27-33(11-7-9-23-53)37(13-8-10-24-54)44-39-28-36(59-31-34-12-5-6-14-40(34)49)19-20-42(39)62-47(43,45(38)44)60-25-4-2/h4-6,12,14-20,27-28,33,37,43-45,53-54H,2-3,7-11,13,21-26,29-31H2,1H3/t33-,37+,43-,44+,45+,47+/m0/s1. The number of hydrogen-bond donors (Lipinski definition) is 2. The number of alkyl halides is 1. The van der Waals surface area contributed by atoms with Crippen LogP contribution < -0.4 is 9.47 Å². The molecule has 2 aliphatic carbocycles. The van der Waals surface area contributed by atoms with E-state index in [1.165, 1.54) is 18.2 Å².